The van der Waals surface area contributed by atoms with E-state index >= 15 is 0 Å². The van der Waals surface area contributed by atoms with Crippen molar-refractivity contribution in [1.29, 1.82) is 0 Å². The van der Waals surface area contributed by atoms with E-state index in [-0.39, 0.29) is 28.2 Å². The zero-order valence-corrected chi connectivity index (χ0v) is 16.6. The standard InChI is InChI=1S/C19H23F3N2O4S/c20-19(21,22)13-28-17-9-8-15(29(26,27)24-10-4-5-11-24)12-16(17)23-18(25)14-6-2-1-3-7-14/h1-2,8-9,12,14H,3-7,10-11,13H2,(H,23,25)/t14-/m1/s1. The highest BCUT2D eigenvalue weighted by molar-refractivity contribution is 7.89. The minimum atomic E-state index is -4.56. The third-order valence-corrected chi connectivity index (χ3v) is 6.84. The molecule has 1 aliphatic carbocycles. The predicted molar refractivity (Wildman–Crippen MR) is 101 cm³/mol. The summed E-state index contributed by atoms with van der Waals surface area (Å²) >= 11 is 0. The molecule has 1 atom stereocenters. The van der Waals surface area contributed by atoms with Crippen molar-refractivity contribution < 1.29 is 31.1 Å². The second-order valence-corrected chi connectivity index (χ2v) is 9.08. The van der Waals surface area contributed by atoms with Crippen LogP contribution in [0.5, 0.6) is 5.75 Å². The lowest BCUT2D eigenvalue weighted by Gasteiger charge is -2.21. The molecule has 1 saturated heterocycles. The van der Waals surface area contributed by atoms with Crippen LogP contribution in [0.2, 0.25) is 0 Å². The molecule has 10 heteroatoms. The summed E-state index contributed by atoms with van der Waals surface area (Å²) in [6, 6.07) is 3.54. The second-order valence-electron chi connectivity index (χ2n) is 7.14. The lowest BCUT2D eigenvalue weighted by Crippen LogP contribution is -2.28. The number of nitrogens with zero attached hydrogens (tertiary/aromatic N) is 1. The first-order valence-corrected chi connectivity index (χ1v) is 10.9. The molecule has 1 fully saturated rings. The van der Waals surface area contributed by atoms with E-state index in [1.807, 2.05) is 12.2 Å². The summed E-state index contributed by atoms with van der Waals surface area (Å²) in [6.07, 6.45) is 2.67. The highest BCUT2D eigenvalue weighted by Gasteiger charge is 2.31. The molecule has 1 amide bonds. The SMILES string of the molecule is O=C(Nc1cc(S(=O)(=O)N2CCCC2)ccc1OCC(F)(F)F)[C@@H]1CC=CCC1. The van der Waals surface area contributed by atoms with E-state index in [9.17, 15) is 26.4 Å². The molecular formula is C19H23F3N2O4S. The molecule has 0 aromatic heterocycles. The topological polar surface area (TPSA) is 75.7 Å². The zero-order chi connectivity index (χ0) is 21.1. The largest absolute Gasteiger partial charge is 0.482 e. The Hall–Kier alpha value is -2.07. The average molecular weight is 432 g/mol. The molecule has 160 valence electrons. The number of alkyl halides is 3. The van der Waals surface area contributed by atoms with Crippen LogP contribution in [-0.4, -0.2) is 44.5 Å². The number of rotatable bonds is 6. The van der Waals surface area contributed by atoms with Crippen LogP contribution in [0.1, 0.15) is 32.1 Å². The number of carbonyl (C=O) groups excluding carboxylic acids is 1. The van der Waals surface area contributed by atoms with Gasteiger partial charge in [-0.15, -0.1) is 0 Å². The van der Waals surface area contributed by atoms with Gasteiger partial charge in [-0.2, -0.15) is 17.5 Å². The van der Waals surface area contributed by atoms with Crippen molar-refractivity contribution in [2.24, 2.45) is 5.92 Å². The van der Waals surface area contributed by atoms with Crippen molar-refractivity contribution in [2.45, 2.75) is 43.2 Å². The van der Waals surface area contributed by atoms with Crippen molar-refractivity contribution in [3.63, 3.8) is 0 Å². The van der Waals surface area contributed by atoms with Gasteiger partial charge in [-0.25, -0.2) is 8.42 Å². The number of sulfonamides is 1. The Bertz CT molecular complexity index is 878. The number of halogens is 3. The maximum absolute atomic E-state index is 12.8. The first-order valence-electron chi connectivity index (χ1n) is 9.46. The van der Waals surface area contributed by atoms with Crippen LogP contribution >= 0.6 is 0 Å². The second kappa shape index (κ2) is 8.74. The lowest BCUT2D eigenvalue weighted by atomic mass is 9.93. The van der Waals surface area contributed by atoms with Crippen molar-refractivity contribution in [3.8, 4) is 5.75 Å². The van der Waals surface area contributed by atoms with Gasteiger partial charge < -0.3 is 10.1 Å². The van der Waals surface area contributed by atoms with Crippen LogP contribution in [0.15, 0.2) is 35.2 Å². The highest BCUT2D eigenvalue weighted by atomic mass is 32.2. The van der Waals surface area contributed by atoms with Gasteiger partial charge in [0.25, 0.3) is 0 Å². The Morgan fingerprint density at radius 2 is 1.93 bits per heavy atom. The number of hydrogen-bond acceptors (Lipinski definition) is 4. The van der Waals surface area contributed by atoms with Crippen molar-refractivity contribution in [3.05, 3.63) is 30.4 Å². The molecule has 0 radical (unpaired) electrons. The van der Waals surface area contributed by atoms with E-state index in [0.29, 0.717) is 25.9 Å². The Labute approximate surface area is 167 Å². The minimum Gasteiger partial charge on any atom is -0.482 e. The Morgan fingerprint density at radius 1 is 1.21 bits per heavy atom. The fourth-order valence-corrected chi connectivity index (χ4v) is 4.94. The maximum atomic E-state index is 12.8. The van der Waals surface area contributed by atoms with E-state index in [1.165, 1.54) is 16.4 Å². The summed E-state index contributed by atoms with van der Waals surface area (Å²) < 4.78 is 69.5. The molecule has 1 aromatic carbocycles. The number of nitrogens with one attached hydrogen (secondary N) is 1. The van der Waals surface area contributed by atoms with Crippen LogP contribution in [0.4, 0.5) is 18.9 Å². The Kier molecular flexibility index (Phi) is 6.52. The normalized spacial score (nSPS) is 20.6. The molecule has 1 aromatic rings. The number of ether oxygens (including phenoxy) is 1. The first kappa shape index (κ1) is 21.6. The Morgan fingerprint density at radius 3 is 2.55 bits per heavy atom. The van der Waals surface area contributed by atoms with Gasteiger partial charge in [0.2, 0.25) is 15.9 Å². The van der Waals surface area contributed by atoms with Gasteiger partial charge in [0.15, 0.2) is 6.61 Å². The number of carbonyl (C=O) groups is 1. The van der Waals surface area contributed by atoms with Gasteiger partial charge in [-0.3, -0.25) is 4.79 Å². The molecule has 0 spiro atoms. The third kappa shape index (κ3) is 5.51. The van der Waals surface area contributed by atoms with Gasteiger partial charge in [0.05, 0.1) is 10.6 Å². The monoisotopic (exact) mass is 432 g/mol. The summed E-state index contributed by atoms with van der Waals surface area (Å²) in [6.45, 7) is -0.754. The fourth-order valence-electron chi connectivity index (χ4n) is 3.40. The lowest BCUT2D eigenvalue weighted by molar-refractivity contribution is -0.153. The molecule has 0 unspecified atom stereocenters. The third-order valence-electron chi connectivity index (χ3n) is 4.94. The van der Waals surface area contributed by atoms with Gasteiger partial charge in [-0.05, 0) is 50.3 Å². The maximum Gasteiger partial charge on any atom is 0.422 e. The number of allylic oxidation sites excluding steroid dienone is 2. The number of benzene rings is 1. The van der Waals surface area contributed by atoms with Gasteiger partial charge in [-0.1, -0.05) is 12.2 Å². The van der Waals surface area contributed by atoms with Crippen LogP contribution in [0.25, 0.3) is 0 Å². The molecule has 1 aliphatic heterocycles. The molecule has 6 nitrogen and oxygen atoms in total. The van der Waals surface area contributed by atoms with Crippen molar-refractivity contribution in [1.82, 2.24) is 4.31 Å². The average Bonchev–Trinajstić information content (AvgIpc) is 3.22. The first-order chi connectivity index (χ1) is 13.7. The molecule has 29 heavy (non-hydrogen) atoms. The fraction of sp³-hybridized carbons (Fsp3) is 0.526. The highest BCUT2D eigenvalue weighted by Crippen LogP contribution is 2.32. The van der Waals surface area contributed by atoms with E-state index in [1.54, 1.807) is 0 Å². The summed E-state index contributed by atoms with van der Waals surface area (Å²) in [5.41, 5.74) is -0.0749. The number of hydrogen-bond donors (Lipinski definition) is 1. The smallest absolute Gasteiger partial charge is 0.422 e. The quantitative estimate of drug-likeness (QED) is 0.696. The molecule has 0 saturated carbocycles. The summed E-state index contributed by atoms with van der Waals surface area (Å²) in [7, 11) is -3.79. The van der Waals surface area contributed by atoms with E-state index in [2.05, 4.69) is 5.32 Å². The van der Waals surface area contributed by atoms with Crippen LogP contribution in [0.3, 0.4) is 0 Å². The van der Waals surface area contributed by atoms with Crippen LogP contribution in [-0.2, 0) is 14.8 Å². The molecule has 1 heterocycles. The molecule has 0 bridgehead atoms. The van der Waals surface area contributed by atoms with Gasteiger partial charge >= 0.3 is 6.18 Å². The van der Waals surface area contributed by atoms with Crippen molar-refractivity contribution in [2.75, 3.05) is 25.0 Å². The summed E-state index contributed by atoms with van der Waals surface area (Å²) in [4.78, 5) is 12.5. The van der Waals surface area contributed by atoms with Crippen LogP contribution in [0, 0.1) is 5.92 Å². The summed E-state index contributed by atoms with van der Waals surface area (Å²) in [5, 5.41) is 2.57. The summed E-state index contributed by atoms with van der Waals surface area (Å²) in [5.74, 6) is -0.918. The van der Waals surface area contributed by atoms with Gasteiger partial charge in [0.1, 0.15) is 5.75 Å². The predicted octanol–water partition coefficient (Wildman–Crippen LogP) is 3.71. The molecule has 2 aliphatic rings. The van der Waals surface area contributed by atoms with E-state index in [0.717, 1.165) is 25.3 Å². The number of anilines is 1. The van der Waals surface area contributed by atoms with Crippen molar-refractivity contribution >= 4 is 21.6 Å². The number of amides is 1. The van der Waals surface area contributed by atoms with E-state index < -0.39 is 22.8 Å². The molecule has 3 rings (SSSR count). The zero-order valence-electron chi connectivity index (χ0n) is 15.7. The molecular weight excluding hydrogens is 409 g/mol. The van der Waals surface area contributed by atoms with Gasteiger partial charge in [0, 0.05) is 19.0 Å². The van der Waals surface area contributed by atoms with E-state index in [4.69, 9.17) is 4.74 Å². The Balaban J connectivity index is 1.87. The minimum absolute atomic E-state index is 0.0749. The molecule has 1 N–H and O–H groups in total. The van der Waals surface area contributed by atoms with Crippen LogP contribution < -0.4 is 10.1 Å².